The van der Waals surface area contributed by atoms with Crippen LogP contribution in [0.5, 0.6) is 0 Å². The van der Waals surface area contributed by atoms with Crippen molar-refractivity contribution in [2.24, 2.45) is 0 Å². The lowest BCUT2D eigenvalue weighted by atomic mass is 10.4. The fourth-order valence-electron chi connectivity index (χ4n) is 0.469. The van der Waals surface area contributed by atoms with Crippen LogP contribution in [-0.4, -0.2) is 29.7 Å². The highest BCUT2D eigenvalue weighted by atomic mass is 16.4. The predicted octanol–water partition coefficient (Wildman–Crippen LogP) is -0.221. The monoisotopic (exact) mass is 160 g/mol. The summed E-state index contributed by atoms with van der Waals surface area (Å²) in [7, 11) is 0. The molecule has 0 atom stereocenters. The Labute approximate surface area is 64.8 Å². The van der Waals surface area contributed by atoms with Gasteiger partial charge in [0, 0.05) is 6.04 Å². The molecule has 0 radical (unpaired) electrons. The molecule has 0 aliphatic heterocycles. The number of rotatable bonds is 3. The maximum Gasteiger partial charge on any atom is 0.323 e. The van der Waals surface area contributed by atoms with E-state index in [1.165, 1.54) is 0 Å². The molecule has 64 valence electrons. The second-order valence-electron chi connectivity index (χ2n) is 2.38. The first-order chi connectivity index (χ1) is 5.02. The molecule has 3 N–H and O–H groups in total. The summed E-state index contributed by atoms with van der Waals surface area (Å²) in [5.74, 6) is -1.05. The normalized spacial score (nSPS) is 9.36. The second kappa shape index (κ2) is 4.54. The standard InChI is InChI=1S/C6H12N2O3/c1-4(2)8-6(11)7-3-5(9)10/h4H,3H2,1-2H3,(H,9,10)(H2,7,8,11). The number of carbonyl (C=O) groups excluding carboxylic acids is 1. The Bertz CT molecular complexity index is 156. The van der Waals surface area contributed by atoms with Crippen LogP contribution in [0.25, 0.3) is 0 Å². The second-order valence-corrected chi connectivity index (χ2v) is 2.38. The molecule has 0 saturated carbocycles. The van der Waals surface area contributed by atoms with Crippen LogP contribution >= 0.6 is 0 Å². The average Bonchev–Trinajstić information content (AvgIpc) is 1.82. The summed E-state index contributed by atoms with van der Waals surface area (Å²) in [5.41, 5.74) is 0. The summed E-state index contributed by atoms with van der Waals surface area (Å²) < 4.78 is 0. The summed E-state index contributed by atoms with van der Waals surface area (Å²) in [5, 5.41) is 12.8. The smallest absolute Gasteiger partial charge is 0.323 e. The van der Waals surface area contributed by atoms with Crippen molar-refractivity contribution in [3.05, 3.63) is 0 Å². The Balaban J connectivity index is 3.45. The van der Waals surface area contributed by atoms with E-state index in [1.54, 1.807) is 13.8 Å². The van der Waals surface area contributed by atoms with Crippen molar-refractivity contribution < 1.29 is 14.7 Å². The van der Waals surface area contributed by atoms with Gasteiger partial charge in [-0.05, 0) is 13.8 Å². The van der Waals surface area contributed by atoms with Gasteiger partial charge in [-0.15, -0.1) is 0 Å². The third-order valence-electron chi connectivity index (χ3n) is 0.820. The molecular formula is C6H12N2O3. The lowest BCUT2D eigenvalue weighted by Gasteiger charge is -2.07. The van der Waals surface area contributed by atoms with Gasteiger partial charge in [0.25, 0.3) is 0 Å². The first-order valence-electron chi connectivity index (χ1n) is 3.28. The van der Waals surface area contributed by atoms with Gasteiger partial charge in [-0.25, -0.2) is 4.79 Å². The number of carbonyl (C=O) groups is 2. The first kappa shape index (κ1) is 9.74. The van der Waals surface area contributed by atoms with E-state index in [2.05, 4.69) is 10.6 Å². The summed E-state index contributed by atoms with van der Waals surface area (Å²) in [4.78, 5) is 20.6. The van der Waals surface area contributed by atoms with Crippen molar-refractivity contribution in [1.29, 1.82) is 0 Å². The van der Waals surface area contributed by atoms with Crippen molar-refractivity contribution in [1.82, 2.24) is 10.6 Å². The van der Waals surface area contributed by atoms with Crippen LogP contribution in [0.4, 0.5) is 4.79 Å². The van der Waals surface area contributed by atoms with E-state index in [4.69, 9.17) is 5.11 Å². The van der Waals surface area contributed by atoms with E-state index < -0.39 is 12.0 Å². The molecule has 0 aliphatic rings. The number of urea groups is 1. The minimum atomic E-state index is -1.05. The number of carboxylic acid groups (broad SMARTS) is 1. The first-order valence-corrected chi connectivity index (χ1v) is 3.28. The van der Waals surface area contributed by atoms with Gasteiger partial charge < -0.3 is 15.7 Å². The number of hydrogen-bond donors (Lipinski definition) is 3. The van der Waals surface area contributed by atoms with Crippen LogP contribution < -0.4 is 10.6 Å². The minimum absolute atomic E-state index is 0.0174. The molecule has 0 rings (SSSR count). The lowest BCUT2D eigenvalue weighted by molar-refractivity contribution is -0.135. The molecule has 0 bridgehead atoms. The Morgan fingerprint density at radius 3 is 2.36 bits per heavy atom. The van der Waals surface area contributed by atoms with Crippen LogP contribution in [0, 0.1) is 0 Å². The van der Waals surface area contributed by atoms with Crippen LogP contribution in [0.3, 0.4) is 0 Å². The van der Waals surface area contributed by atoms with Gasteiger partial charge in [-0.2, -0.15) is 0 Å². The van der Waals surface area contributed by atoms with E-state index in [9.17, 15) is 9.59 Å². The van der Waals surface area contributed by atoms with Crippen molar-refractivity contribution in [2.45, 2.75) is 19.9 Å². The van der Waals surface area contributed by atoms with Crippen LogP contribution in [0.2, 0.25) is 0 Å². The fourth-order valence-corrected chi connectivity index (χ4v) is 0.469. The molecular weight excluding hydrogens is 148 g/mol. The molecule has 5 heteroatoms. The van der Waals surface area contributed by atoms with Gasteiger partial charge in [-0.3, -0.25) is 4.79 Å². The molecule has 0 unspecified atom stereocenters. The van der Waals surface area contributed by atoms with Gasteiger partial charge in [-0.1, -0.05) is 0 Å². The van der Waals surface area contributed by atoms with Gasteiger partial charge in [0.1, 0.15) is 6.54 Å². The zero-order valence-electron chi connectivity index (χ0n) is 6.55. The molecule has 2 amide bonds. The Hall–Kier alpha value is -1.26. The average molecular weight is 160 g/mol. The van der Waals surface area contributed by atoms with Gasteiger partial charge in [0.05, 0.1) is 0 Å². The maximum atomic E-state index is 10.7. The van der Waals surface area contributed by atoms with Crippen molar-refractivity contribution in [3.63, 3.8) is 0 Å². The highest BCUT2D eigenvalue weighted by Crippen LogP contribution is 1.75. The highest BCUT2D eigenvalue weighted by Gasteiger charge is 2.03. The molecule has 0 aromatic heterocycles. The number of hydrogen-bond acceptors (Lipinski definition) is 2. The molecule has 0 saturated heterocycles. The lowest BCUT2D eigenvalue weighted by Crippen LogP contribution is -2.41. The van der Waals surface area contributed by atoms with Crippen LogP contribution in [0.15, 0.2) is 0 Å². The largest absolute Gasteiger partial charge is 0.480 e. The fraction of sp³-hybridized carbons (Fsp3) is 0.667. The third-order valence-corrected chi connectivity index (χ3v) is 0.820. The van der Waals surface area contributed by atoms with Crippen molar-refractivity contribution in [3.8, 4) is 0 Å². The molecule has 0 aliphatic carbocycles. The number of carboxylic acids is 1. The van der Waals surface area contributed by atoms with Gasteiger partial charge in [0.15, 0.2) is 0 Å². The van der Waals surface area contributed by atoms with Gasteiger partial charge in [0.2, 0.25) is 0 Å². The van der Waals surface area contributed by atoms with Crippen molar-refractivity contribution in [2.75, 3.05) is 6.54 Å². The molecule has 11 heavy (non-hydrogen) atoms. The SMILES string of the molecule is CC(C)NC(=O)NCC(=O)O. The number of nitrogens with one attached hydrogen (secondary N) is 2. The summed E-state index contributed by atoms with van der Waals surface area (Å²) >= 11 is 0. The topological polar surface area (TPSA) is 78.4 Å². The molecule has 0 aromatic rings. The zero-order valence-corrected chi connectivity index (χ0v) is 6.55. The molecule has 5 nitrogen and oxygen atoms in total. The molecule has 0 fully saturated rings. The summed E-state index contributed by atoms with van der Waals surface area (Å²) in [6.07, 6.45) is 0. The van der Waals surface area contributed by atoms with Gasteiger partial charge >= 0.3 is 12.0 Å². The molecule has 0 heterocycles. The number of aliphatic carboxylic acids is 1. The van der Waals surface area contributed by atoms with E-state index in [0.29, 0.717) is 0 Å². The number of amides is 2. The summed E-state index contributed by atoms with van der Waals surface area (Å²) in [6, 6.07) is -0.439. The Kier molecular flexibility index (Phi) is 4.02. The third kappa shape index (κ3) is 6.63. The van der Waals surface area contributed by atoms with Crippen molar-refractivity contribution >= 4 is 12.0 Å². The van der Waals surface area contributed by atoms with E-state index in [1.807, 2.05) is 0 Å². The molecule has 0 spiro atoms. The highest BCUT2D eigenvalue weighted by molar-refractivity contribution is 5.79. The minimum Gasteiger partial charge on any atom is -0.480 e. The van der Waals surface area contributed by atoms with Crippen LogP contribution in [-0.2, 0) is 4.79 Å². The van der Waals surface area contributed by atoms with E-state index in [-0.39, 0.29) is 12.6 Å². The predicted molar refractivity (Wildman–Crippen MR) is 39.3 cm³/mol. The van der Waals surface area contributed by atoms with Crippen LogP contribution in [0.1, 0.15) is 13.8 Å². The Morgan fingerprint density at radius 1 is 1.45 bits per heavy atom. The quantitative estimate of drug-likeness (QED) is 0.534. The summed E-state index contributed by atoms with van der Waals surface area (Å²) in [6.45, 7) is 3.24. The molecule has 0 aromatic carbocycles. The maximum absolute atomic E-state index is 10.7. The van der Waals surface area contributed by atoms with E-state index >= 15 is 0 Å². The zero-order chi connectivity index (χ0) is 8.85. The van der Waals surface area contributed by atoms with E-state index in [0.717, 1.165) is 0 Å². The Morgan fingerprint density at radius 2 is 2.00 bits per heavy atom.